The van der Waals surface area contributed by atoms with Crippen LogP contribution in [-0.4, -0.2) is 41.6 Å². The monoisotopic (exact) mass is 454 g/mol. The molecule has 1 N–H and O–H groups in total. The number of hydrogen-bond donors (Lipinski definition) is 1. The molecule has 1 heterocycles. The molecule has 0 bridgehead atoms. The van der Waals surface area contributed by atoms with E-state index in [0.717, 1.165) is 6.07 Å². The van der Waals surface area contributed by atoms with E-state index in [1.807, 2.05) is 0 Å². The van der Waals surface area contributed by atoms with E-state index >= 15 is 0 Å². The molecule has 1 aliphatic heterocycles. The number of carbonyl (C=O) groups excluding carboxylic acids is 2. The number of nitrogens with one attached hydrogen (secondary N) is 1. The number of carbonyl (C=O) groups is 2. The Morgan fingerprint density at radius 3 is 2.44 bits per heavy atom. The summed E-state index contributed by atoms with van der Waals surface area (Å²) in [5.74, 6) is -2.63. The van der Waals surface area contributed by atoms with Gasteiger partial charge in [-0.2, -0.15) is 13.2 Å². The van der Waals surface area contributed by atoms with Crippen LogP contribution < -0.4 is 5.32 Å². The van der Waals surface area contributed by atoms with Crippen molar-refractivity contribution in [3.63, 3.8) is 0 Å². The van der Waals surface area contributed by atoms with Gasteiger partial charge in [0.1, 0.15) is 11.4 Å². The van der Waals surface area contributed by atoms with Gasteiger partial charge in [0.2, 0.25) is 0 Å². The highest BCUT2D eigenvalue weighted by Gasteiger charge is 2.37. The van der Waals surface area contributed by atoms with Gasteiger partial charge in [-0.25, -0.2) is 9.18 Å². The van der Waals surface area contributed by atoms with Gasteiger partial charge in [0.15, 0.2) is 0 Å². The number of likely N-dealkylation sites (tertiary alicyclic amines) is 1. The van der Waals surface area contributed by atoms with Crippen molar-refractivity contribution in [2.45, 2.75) is 45.0 Å². The van der Waals surface area contributed by atoms with Crippen molar-refractivity contribution in [3.05, 3.63) is 33.5 Å². The second-order valence-corrected chi connectivity index (χ2v) is 8.02. The Bertz CT molecular complexity index is 747. The Kier molecular flexibility index (Phi) is 6.08. The maximum atomic E-state index is 14.2. The van der Waals surface area contributed by atoms with Crippen molar-refractivity contribution < 1.29 is 31.9 Å². The van der Waals surface area contributed by atoms with E-state index in [2.05, 4.69) is 21.2 Å². The number of benzene rings is 1. The zero-order valence-corrected chi connectivity index (χ0v) is 16.5. The molecule has 1 aromatic carbocycles. The molecule has 0 radical (unpaired) electrons. The molecular weight excluding hydrogens is 436 g/mol. The minimum atomic E-state index is -4.92. The van der Waals surface area contributed by atoms with E-state index in [1.165, 1.54) is 4.90 Å². The Balaban J connectivity index is 2.10. The summed E-state index contributed by atoms with van der Waals surface area (Å²) in [6.07, 6.45) is -5.09. The molecule has 2 rings (SSSR count). The Morgan fingerprint density at radius 2 is 1.89 bits per heavy atom. The summed E-state index contributed by atoms with van der Waals surface area (Å²) in [6.45, 7) is 5.58. The largest absolute Gasteiger partial charge is 0.444 e. The molecule has 1 atom stereocenters. The SMILES string of the molecule is CC(C)(C)OC(=O)N1CCC(NC(=O)c2c(Br)ccc(C(F)(F)F)c2F)C1. The third-order valence-corrected chi connectivity index (χ3v) is 4.46. The number of alkyl halides is 3. The lowest BCUT2D eigenvalue weighted by molar-refractivity contribution is -0.140. The van der Waals surface area contributed by atoms with Crippen molar-refractivity contribution in [3.8, 4) is 0 Å². The molecule has 27 heavy (non-hydrogen) atoms. The fourth-order valence-corrected chi connectivity index (χ4v) is 3.09. The zero-order valence-electron chi connectivity index (χ0n) is 14.9. The Hall–Kier alpha value is -1.84. The van der Waals surface area contributed by atoms with Crippen LogP contribution in [-0.2, 0) is 10.9 Å². The third kappa shape index (κ3) is 5.33. The summed E-state index contributed by atoms with van der Waals surface area (Å²) in [4.78, 5) is 25.8. The van der Waals surface area contributed by atoms with Gasteiger partial charge in [0.05, 0.1) is 11.1 Å². The van der Waals surface area contributed by atoms with E-state index in [4.69, 9.17) is 4.74 Å². The molecule has 10 heteroatoms. The van der Waals surface area contributed by atoms with Crippen LogP contribution in [0.3, 0.4) is 0 Å². The molecule has 5 nitrogen and oxygen atoms in total. The topological polar surface area (TPSA) is 58.6 Å². The first-order valence-electron chi connectivity index (χ1n) is 8.13. The highest BCUT2D eigenvalue weighted by Crippen LogP contribution is 2.35. The lowest BCUT2D eigenvalue weighted by atomic mass is 10.1. The molecule has 1 saturated heterocycles. The first-order chi connectivity index (χ1) is 12.3. The molecule has 1 aromatic rings. The molecule has 0 aliphatic carbocycles. The fourth-order valence-electron chi connectivity index (χ4n) is 2.61. The van der Waals surface area contributed by atoms with Crippen LogP contribution in [0.5, 0.6) is 0 Å². The van der Waals surface area contributed by atoms with Crippen LogP contribution in [0.25, 0.3) is 0 Å². The molecule has 2 amide bonds. The lowest BCUT2D eigenvalue weighted by Crippen LogP contribution is -2.40. The Labute approximate surface area is 162 Å². The predicted octanol–water partition coefficient (Wildman–Crippen LogP) is 4.35. The maximum absolute atomic E-state index is 14.2. The van der Waals surface area contributed by atoms with Gasteiger partial charge < -0.3 is 15.0 Å². The smallest absolute Gasteiger partial charge is 0.419 e. The van der Waals surface area contributed by atoms with Gasteiger partial charge in [-0.05, 0) is 55.3 Å². The highest BCUT2D eigenvalue weighted by molar-refractivity contribution is 9.10. The van der Waals surface area contributed by atoms with Crippen molar-refractivity contribution in [2.75, 3.05) is 13.1 Å². The van der Waals surface area contributed by atoms with Gasteiger partial charge in [-0.1, -0.05) is 0 Å². The molecule has 1 unspecified atom stereocenters. The average Bonchev–Trinajstić information content (AvgIpc) is 2.92. The van der Waals surface area contributed by atoms with Crippen molar-refractivity contribution in [1.29, 1.82) is 0 Å². The summed E-state index contributed by atoms with van der Waals surface area (Å²) in [5, 5.41) is 2.48. The second kappa shape index (κ2) is 7.65. The van der Waals surface area contributed by atoms with Crippen LogP contribution in [0, 0.1) is 5.82 Å². The summed E-state index contributed by atoms with van der Waals surface area (Å²) < 4.78 is 58.0. The molecule has 1 aliphatic rings. The van der Waals surface area contributed by atoms with Gasteiger partial charge in [-0.15, -0.1) is 0 Å². The van der Waals surface area contributed by atoms with E-state index in [9.17, 15) is 27.2 Å². The van der Waals surface area contributed by atoms with Crippen LogP contribution in [0.15, 0.2) is 16.6 Å². The predicted molar refractivity (Wildman–Crippen MR) is 92.8 cm³/mol. The quantitative estimate of drug-likeness (QED) is 0.675. The van der Waals surface area contributed by atoms with Gasteiger partial charge >= 0.3 is 12.3 Å². The second-order valence-electron chi connectivity index (χ2n) is 7.17. The first-order valence-corrected chi connectivity index (χ1v) is 8.93. The fraction of sp³-hybridized carbons (Fsp3) is 0.529. The van der Waals surface area contributed by atoms with Crippen LogP contribution >= 0.6 is 15.9 Å². The molecule has 0 aromatic heterocycles. The van der Waals surface area contributed by atoms with Gasteiger partial charge in [0.25, 0.3) is 5.91 Å². The minimum Gasteiger partial charge on any atom is -0.444 e. The number of amides is 2. The van der Waals surface area contributed by atoms with Gasteiger partial charge in [-0.3, -0.25) is 4.79 Å². The Morgan fingerprint density at radius 1 is 1.26 bits per heavy atom. The lowest BCUT2D eigenvalue weighted by Gasteiger charge is -2.24. The highest BCUT2D eigenvalue weighted by atomic mass is 79.9. The summed E-state index contributed by atoms with van der Waals surface area (Å²) in [7, 11) is 0. The number of halogens is 5. The van der Waals surface area contributed by atoms with Crippen LogP contribution in [0.4, 0.5) is 22.4 Å². The normalized spacial score (nSPS) is 17.8. The number of rotatable bonds is 2. The average molecular weight is 455 g/mol. The molecule has 0 saturated carbocycles. The van der Waals surface area contributed by atoms with Crippen LogP contribution in [0.2, 0.25) is 0 Å². The van der Waals surface area contributed by atoms with Crippen LogP contribution in [0.1, 0.15) is 43.1 Å². The standard InChI is InChI=1S/C17H19BrF4N2O3/c1-16(2,3)27-15(26)24-7-6-9(8-24)23-14(25)12-11(18)5-4-10(13(12)19)17(20,21)22/h4-5,9H,6-8H2,1-3H3,(H,23,25). The van der Waals surface area contributed by atoms with Gasteiger partial charge in [0, 0.05) is 23.6 Å². The maximum Gasteiger partial charge on any atom is 0.419 e. The summed E-state index contributed by atoms with van der Waals surface area (Å²) in [6, 6.07) is 1.02. The summed E-state index contributed by atoms with van der Waals surface area (Å²) >= 11 is 2.91. The van der Waals surface area contributed by atoms with Crippen molar-refractivity contribution in [1.82, 2.24) is 10.2 Å². The third-order valence-electron chi connectivity index (χ3n) is 3.80. The van der Waals surface area contributed by atoms with Crippen molar-refractivity contribution >= 4 is 27.9 Å². The molecular formula is C17H19BrF4N2O3. The number of nitrogens with zero attached hydrogens (tertiary/aromatic N) is 1. The summed E-state index contributed by atoms with van der Waals surface area (Å²) in [5.41, 5.74) is -2.91. The zero-order chi connectivity index (χ0) is 20.6. The number of ether oxygens (including phenoxy) is 1. The molecule has 0 spiro atoms. The van der Waals surface area contributed by atoms with E-state index in [1.54, 1.807) is 20.8 Å². The molecule has 1 fully saturated rings. The van der Waals surface area contributed by atoms with E-state index in [0.29, 0.717) is 19.0 Å². The van der Waals surface area contributed by atoms with E-state index < -0.39 is 46.8 Å². The first kappa shape index (κ1) is 21.5. The number of hydrogen-bond acceptors (Lipinski definition) is 3. The van der Waals surface area contributed by atoms with Crippen molar-refractivity contribution in [2.24, 2.45) is 0 Å². The van der Waals surface area contributed by atoms with E-state index in [-0.39, 0.29) is 11.0 Å². The minimum absolute atomic E-state index is 0.0903. The molecule has 150 valence electrons.